The van der Waals surface area contributed by atoms with Crippen molar-refractivity contribution in [2.45, 2.75) is 25.2 Å². The predicted octanol–water partition coefficient (Wildman–Crippen LogP) is 0.143. The second-order valence-corrected chi connectivity index (χ2v) is 7.15. The van der Waals surface area contributed by atoms with Gasteiger partial charge in [-0.3, -0.25) is 29.4 Å². The number of nitrogens with one attached hydrogen (secondary N) is 1. The zero-order valence-electron chi connectivity index (χ0n) is 15.6. The number of benzene rings is 1. The molecule has 28 heavy (non-hydrogen) atoms. The molecular weight excluding hydrogens is 366 g/mol. The first-order valence-electron chi connectivity index (χ1n) is 9.11. The van der Waals surface area contributed by atoms with E-state index in [-0.39, 0.29) is 30.6 Å². The summed E-state index contributed by atoms with van der Waals surface area (Å²) in [5, 5.41) is 2.20. The van der Waals surface area contributed by atoms with Crippen molar-refractivity contribution >= 4 is 29.3 Å². The number of methoxy groups -OCH3 is 2. The zero-order chi connectivity index (χ0) is 20.0. The summed E-state index contributed by atoms with van der Waals surface area (Å²) in [6.07, 6.45) is -0.0918. The van der Waals surface area contributed by atoms with Gasteiger partial charge in [0, 0.05) is 39.6 Å². The van der Waals surface area contributed by atoms with Crippen molar-refractivity contribution in [1.82, 2.24) is 10.2 Å². The van der Waals surface area contributed by atoms with Gasteiger partial charge >= 0.3 is 0 Å². The molecule has 0 aliphatic carbocycles. The van der Waals surface area contributed by atoms with E-state index in [1.165, 1.54) is 0 Å². The Hall–Kier alpha value is -2.78. The van der Waals surface area contributed by atoms with Gasteiger partial charge in [-0.2, -0.15) is 0 Å². The molecule has 1 N–H and O–H groups in total. The maximum absolute atomic E-state index is 13.1. The monoisotopic (exact) mass is 387 g/mol. The average Bonchev–Trinajstić information content (AvgIpc) is 2.89. The number of piperidine rings is 1. The third kappa shape index (κ3) is 2.78. The van der Waals surface area contributed by atoms with Crippen molar-refractivity contribution in [3.05, 3.63) is 29.3 Å². The fourth-order valence-electron chi connectivity index (χ4n) is 4.12. The average molecular weight is 387 g/mol. The molecule has 3 aliphatic heterocycles. The molecule has 1 aromatic carbocycles. The molecule has 148 valence electrons. The van der Waals surface area contributed by atoms with Crippen molar-refractivity contribution < 1.29 is 28.7 Å². The molecule has 0 radical (unpaired) electrons. The standard InChI is InChI=1S/C19H21N3O6/c1-27-19(28-2)10-8-21(9-10)12-5-3-4-11-15(12)18(26)22(17(11)25)13-6-7-14(23)20-16(13)24/h3-5,10,13,19H,6-9H2,1-2H3,(H,20,23,24). The van der Waals surface area contributed by atoms with Gasteiger partial charge in [0.15, 0.2) is 6.29 Å². The van der Waals surface area contributed by atoms with Gasteiger partial charge in [0.25, 0.3) is 11.8 Å². The highest BCUT2D eigenvalue weighted by molar-refractivity contribution is 6.25. The molecule has 0 spiro atoms. The second kappa shape index (κ2) is 6.99. The van der Waals surface area contributed by atoms with E-state index in [2.05, 4.69) is 5.32 Å². The Bertz CT molecular complexity index is 859. The van der Waals surface area contributed by atoms with E-state index in [4.69, 9.17) is 9.47 Å². The molecule has 2 saturated heterocycles. The normalized spacial score (nSPS) is 22.6. The number of nitrogens with zero attached hydrogens (tertiary/aromatic N) is 2. The first-order chi connectivity index (χ1) is 13.5. The van der Waals surface area contributed by atoms with E-state index >= 15 is 0 Å². The van der Waals surface area contributed by atoms with Crippen molar-refractivity contribution in [2.24, 2.45) is 5.92 Å². The Labute approximate surface area is 161 Å². The number of anilines is 1. The smallest absolute Gasteiger partial charge is 0.264 e. The maximum atomic E-state index is 13.1. The molecular formula is C19H21N3O6. The third-order valence-electron chi connectivity index (χ3n) is 5.55. The first-order valence-corrected chi connectivity index (χ1v) is 9.11. The number of hydrogen-bond donors (Lipinski definition) is 1. The van der Waals surface area contributed by atoms with Crippen LogP contribution < -0.4 is 10.2 Å². The minimum absolute atomic E-state index is 0.0971. The number of imide groups is 2. The lowest BCUT2D eigenvalue weighted by Gasteiger charge is -2.44. The molecule has 9 nitrogen and oxygen atoms in total. The van der Waals surface area contributed by atoms with Gasteiger partial charge in [0.2, 0.25) is 11.8 Å². The van der Waals surface area contributed by atoms with Gasteiger partial charge in [-0.05, 0) is 18.6 Å². The summed E-state index contributed by atoms with van der Waals surface area (Å²) in [4.78, 5) is 52.5. The zero-order valence-corrected chi connectivity index (χ0v) is 15.6. The Morgan fingerprint density at radius 3 is 2.43 bits per heavy atom. The van der Waals surface area contributed by atoms with Crippen molar-refractivity contribution in [3.8, 4) is 0 Å². The van der Waals surface area contributed by atoms with Crippen LogP contribution in [0.2, 0.25) is 0 Å². The summed E-state index contributed by atoms with van der Waals surface area (Å²) < 4.78 is 10.6. The number of ether oxygens (including phenoxy) is 2. The molecule has 0 bridgehead atoms. The van der Waals surface area contributed by atoms with Crippen LogP contribution in [0.4, 0.5) is 5.69 Å². The van der Waals surface area contributed by atoms with Crippen LogP contribution in [0.15, 0.2) is 18.2 Å². The fraction of sp³-hybridized carbons (Fsp3) is 0.474. The quantitative estimate of drug-likeness (QED) is 0.566. The number of fused-ring (bicyclic) bond motifs is 1. The lowest BCUT2D eigenvalue weighted by molar-refractivity contribution is -0.142. The van der Waals surface area contributed by atoms with Crippen molar-refractivity contribution in [1.29, 1.82) is 0 Å². The van der Waals surface area contributed by atoms with Crippen molar-refractivity contribution in [2.75, 3.05) is 32.2 Å². The lowest BCUT2D eigenvalue weighted by Crippen LogP contribution is -2.54. The SMILES string of the molecule is COC(OC)C1CN(c2cccc3c2C(=O)N(C2CCC(=O)NC2=O)C3=O)C1. The van der Waals surface area contributed by atoms with Gasteiger partial charge in [0.1, 0.15) is 6.04 Å². The molecule has 0 aromatic heterocycles. The van der Waals surface area contributed by atoms with Gasteiger partial charge in [0.05, 0.1) is 16.8 Å². The Balaban J connectivity index is 1.59. The van der Waals surface area contributed by atoms with Gasteiger partial charge in [-0.25, -0.2) is 0 Å². The molecule has 3 heterocycles. The molecule has 3 aliphatic rings. The highest BCUT2D eigenvalue weighted by atomic mass is 16.7. The minimum Gasteiger partial charge on any atom is -0.370 e. The van der Waals surface area contributed by atoms with Crippen LogP contribution in [0.3, 0.4) is 0 Å². The van der Waals surface area contributed by atoms with E-state index in [1.807, 2.05) is 4.90 Å². The van der Waals surface area contributed by atoms with Crippen LogP contribution in [0.5, 0.6) is 0 Å². The van der Waals surface area contributed by atoms with Crippen LogP contribution in [-0.4, -0.2) is 68.2 Å². The number of rotatable bonds is 5. The Morgan fingerprint density at radius 2 is 1.79 bits per heavy atom. The predicted molar refractivity (Wildman–Crippen MR) is 96.6 cm³/mol. The lowest BCUT2D eigenvalue weighted by atomic mass is 9.96. The summed E-state index contributed by atoms with van der Waals surface area (Å²) in [7, 11) is 3.16. The largest absolute Gasteiger partial charge is 0.370 e. The number of carbonyl (C=O) groups is 4. The summed E-state index contributed by atoms with van der Waals surface area (Å²) >= 11 is 0. The summed E-state index contributed by atoms with van der Waals surface area (Å²) in [6.45, 7) is 1.26. The van der Waals surface area contributed by atoms with E-state index in [1.54, 1.807) is 32.4 Å². The molecule has 9 heteroatoms. The van der Waals surface area contributed by atoms with Crippen LogP contribution in [-0.2, 0) is 19.1 Å². The second-order valence-electron chi connectivity index (χ2n) is 7.15. The van der Waals surface area contributed by atoms with Gasteiger partial charge in [-0.1, -0.05) is 6.07 Å². The summed E-state index contributed by atoms with van der Waals surface area (Å²) in [6, 6.07) is 4.15. The summed E-state index contributed by atoms with van der Waals surface area (Å²) in [5.74, 6) is -1.84. The van der Waals surface area contributed by atoms with Crippen molar-refractivity contribution in [3.63, 3.8) is 0 Å². The summed E-state index contributed by atoms with van der Waals surface area (Å²) in [5.41, 5.74) is 1.25. The fourth-order valence-corrected chi connectivity index (χ4v) is 4.12. The Kier molecular flexibility index (Phi) is 4.64. The molecule has 2 fully saturated rings. The highest BCUT2D eigenvalue weighted by Crippen LogP contribution is 2.37. The topological polar surface area (TPSA) is 105 Å². The van der Waals surface area contributed by atoms with Gasteiger partial charge in [-0.15, -0.1) is 0 Å². The molecule has 1 aromatic rings. The molecule has 1 unspecified atom stereocenters. The van der Waals surface area contributed by atoms with E-state index in [0.717, 1.165) is 4.90 Å². The van der Waals surface area contributed by atoms with Crippen LogP contribution in [0.1, 0.15) is 33.6 Å². The molecule has 4 rings (SSSR count). The minimum atomic E-state index is -0.964. The molecule has 1 atom stereocenters. The van der Waals surface area contributed by atoms with Gasteiger partial charge < -0.3 is 14.4 Å². The van der Waals surface area contributed by atoms with E-state index in [9.17, 15) is 19.2 Å². The number of amides is 4. The van der Waals surface area contributed by atoms with Crippen LogP contribution in [0.25, 0.3) is 0 Å². The number of hydrogen-bond acceptors (Lipinski definition) is 7. The first kappa shape index (κ1) is 18.6. The Morgan fingerprint density at radius 1 is 1.07 bits per heavy atom. The molecule has 0 saturated carbocycles. The highest BCUT2D eigenvalue weighted by Gasteiger charge is 2.47. The van der Waals surface area contributed by atoms with E-state index < -0.39 is 29.7 Å². The molecule has 4 amide bonds. The maximum Gasteiger partial charge on any atom is 0.264 e. The van der Waals surface area contributed by atoms with Crippen LogP contribution in [0, 0.1) is 5.92 Å². The van der Waals surface area contributed by atoms with E-state index in [0.29, 0.717) is 24.3 Å². The number of carbonyl (C=O) groups excluding carboxylic acids is 4. The third-order valence-corrected chi connectivity index (χ3v) is 5.55. The van der Waals surface area contributed by atoms with Crippen LogP contribution >= 0.6 is 0 Å².